The van der Waals surface area contributed by atoms with Crippen molar-refractivity contribution in [3.8, 4) is 5.75 Å². The molecule has 1 aliphatic heterocycles. The normalized spacial score (nSPS) is 28.6. The monoisotopic (exact) mass is 533 g/mol. The molecule has 4 aliphatic carbocycles. The highest BCUT2D eigenvalue weighted by Gasteiger charge is 2.62. The van der Waals surface area contributed by atoms with E-state index in [1.165, 1.54) is 27.8 Å². The fourth-order valence-electron chi connectivity index (χ4n) is 7.85. The quantitative estimate of drug-likeness (QED) is 0.224. The second kappa shape index (κ2) is 9.15. The van der Waals surface area contributed by atoms with Crippen molar-refractivity contribution < 1.29 is 19.1 Å². The third kappa shape index (κ3) is 3.77. The summed E-state index contributed by atoms with van der Waals surface area (Å²) < 4.78 is 5.72. The first-order valence-electron chi connectivity index (χ1n) is 14.6. The highest BCUT2D eigenvalue weighted by atomic mass is 16.5. The smallest absolute Gasteiger partial charge is 0.314 e. The molecule has 3 aromatic rings. The number of hydrogen-bond acceptors (Lipinski definition) is 4. The standard InChI is InChI=1S/C35H35NO4/c1-35(2,3)21-14-18-23(19-15-21)40-34(39)20-12-16-22(17-13-20)36-32(37)30-28-24-8-4-5-9-25(24)29(31(30)33(36)38)27-11-7-6-10-26(27)28/h4-11,14-15,18-20,22,28-31H,12-13,16-17H2,1-3H3. The van der Waals surface area contributed by atoms with E-state index in [4.69, 9.17) is 4.74 Å². The lowest BCUT2D eigenvalue weighted by Gasteiger charge is -2.45. The van der Waals surface area contributed by atoms with E-state index >= 15 is 0 Å². The average Bonchev–Trinajstić information content (AvgIpc) is 3.23. The summed E-state index contributed by atoms with van der Waals surface area (Å²) in [5.74, 6) is -0.805. The topological polar surface area (TPSA) is 63.7 Å². The minimum atomic E-state index is -0.346. The molecule has 2 atom stereocenters. The number of benzene rings is 3. The number of hydrogen-bond donors (Lipinski definition) is 0. The number of esters is 1. The molecule has 2 fully saturated rings. The molecule has 1 saturated carbocycles. The van der Waals surface area contributed by atoms with E-state index in [0.717, 1.165) is 0 Å². The van der Waals surface area contributed by atoms with Gasteiger partial charge in [-0.05, 0) is 71.0 Å². The largest absolute Gasteiger partial charge is 0.426 e. The average molecular weight is 534 g/mol. The summed E-state index contributed by atoms with van der Waals surface area (Å²) in [5, 5.41) is 0. The molecule has 8 rings (SSSR count). The first kappa shape index (κ1) is 25.3. The summed E-state index contributed by atoms with van der Waals surface area (Å²) in [6.07, 6.45) is 2.50. The van der Waals surface area contributed by atoms with Crippen LogP contribution < -0.4 is 4.74 Å². The van der Waals surface area contributed by atoms with Crippen LogP contribution in [0.2, 0.25) is 0 Å². The SMILES string of the molecule is CC(C)(C)c1ccc(OC(=O)C2CCC(N3C(=O)C4C5c6ccccc6C(c6ccccc65)C4C3=O)CC2)cc1. The van der Waals surface area contributed by atoms with Crippen molar-refractivity contribution in [2.24, 2.45) is 17.8 Å². The van der Waals surface area contributed by atoms with Gasteiger partial charge in [-0.1, -0.05) is 81.4 Å². The Labute approximate surface area is 235 Å². The van der Waals surface area contributed by atoms with Gasteiger partial charge in [0.15, 0.2) is 0 Å². The molecule has 40 heavy (non-hydrogen) atoms. The van der Waals surface area contributed by atoms with Gasteiger partial charge in [0.25, 0.3) is 0 Å². The number of imide groups is 1. The third-order valence-electron chi connectivity index (χ3n) is 9.82. The van der Waals surface area contributed by atoms with Crippen LogP contribution in [0.25, 0.3) is 0 Å². The van der Waals surface area contributed by atoms with Crippen LogP contribution in [-0.4, -0.2) is 28.7 Å². The van der Waals surface area contributed by atoms with Crippen molar-refractivity contribution in [3.05, 3.63) is 101 Å². The molecule has 2 amide bonds. The van der Waals surface area contributed by atoms with Crippen molar-refractivity contribution in [2.75, 3.05) is 0 Å². The lowest BCUT2D eigenvalue weighted by atomic mass is 9.55. The zero-order valence-electron chi connectivity index (χ0n) is 23.3. The van der Waals surface area contributed by atoms with E-state index in [1.807, 2.05) is 48.5 Å². The van der Waals surface area contributed by atoms with E-state index in [0.29, 0.717) is 31.4 Å². The Morgan fingerprint density at radius 2 is 1.15 bits per heavy atom. The molecule has 2 unspecified atom stereocenters. The Morgan fingerprint density at radius 3 is 1.57 bits per heavy atom. The zero-order valence-corrected chi connectivity index (χ0v) is 23.3. The number of ether oxygens (including phenoxy) is 1. The van der Waals surface area contributed by atoms with Crippen LogP contribution in [0.3, 0.4) is 0 Å². The Kier molecular flexibility index (Phi) is 5.78. The first-order valence-corrected chi connectivity index (χ1v) is 14.6. The molecule has 0 N–H and O–H groups in total. The fraction of sp³-hybridized carbons (Fsp3) is 0.400. The molecule has 0 aromatic heterocycles. The number of nitrogens with zero attached hydrogens (tertiary/aromatic N) is 1. The number of rotatable bonds is 3. The van der Waals surface area contributed by atoms with Crippen LogP contribution in [0.1, 0.15) is 86.1 Å². The van der Waals surface area contributed by atoms with Crippen LogP contribution >= 0.6 is 0 Å². The van der Waals surface area contributed by atoms with Gasteiger partial charge >= 0.3 is 5.97 Å². The summed E-state index contributed by atoms with van der Waals surface area (Å²) in [6, 6.07) is 24.2. The molecular formula is C35H35NO4. The second-order valence-electron chi connectivity index (χ2n) is 13.0. The minimum Gasteiger partial charge on any atom is -0.426 e. The van der Waals surface area contributed by atoms with Crippen molar-refractivity contribution in [1.82, 2.24) is 4.90 Å². The maximum Gasteiger partial charge on any atom is 0.314 e. The second-order valence-corrected chi connectivity index (χ2v) is 13.0. The summed E-state index contributed by atoms with van der Waals surface area (Å²) in [5.41, 5.74) is 5.99. The highest BCUT2D eigenvalue weighted by Crippen LogP contribution is 2.61. The van der Waals surface area contributed by atoms with E-state index in [9.17, 15) is 14.4 Å². The van der Waals surface area contributed by atoms with Crippen molar-refractivity contribution >= 4 is 17.8 Å². The molecular weight excluding hydrogens is 498 g/mol. The summed E-state index contributed by atoms with van der Waals surface area (Å²) in [6.45, 7) is 6.46. The lowest BCUT2D eigenvalue weighted by Crippen LogP contribution is -2.44. The molecule has 0 radical (unpaired) electrons. The molecule has 5 heteroatoms. The molecule has 2 bridgehead atoms. The van der Waals surface area contributed by atoms with Gasteiger partial charge in [-0.25, -0.2) is 0 Å². The van der Waals surface area contributed by atoms with E-state index in [1.54, 1.807) is 4.90 Å². The van der Waals surface area contributed by atoms with Crippen LogP contribution in [-0.2, 0) is 19.8 Å². The van der Waals surface area contributed by atoms with Gasteiger partial charge in [-0.15, -0.1) is 0 Å². The third-order valence-corrected chi connectivity index (χ3v) is 9.82. The number of carbonyl (C=O) groups is 3. The van der Waals surface area contributed by atoms with Gasteiger partial charge in [-0.2, -0.15) is 0 Å². The predicted octanol–water partition coefficient (Wildman–Crippen LogP) is 6.34. The lowest BCUT2D eigenvalue weighted by molar-refractivity contribution is -0.144. The zero-order chi connectivity index (χ0) is 27.8. The van der Waals surface area contributed by atoms with Gasteiger partial charge in [0, 0.05) is 17.9 Å². The van der Waals surface area contributed by atoms with Crippen LogP contribution in [0.4, 0.5) is 0 Å². The molecule has 5 nitrogen and oxygen atoms in total. The van der Waals surface area contributed by atoms with Crippen molar-refractivity contribution in [1.29, 1.82) is 0 Å². The van der Waals surface area contributed by atoms with E-state index in [2.05, 4.69) is 45.0 Å². The predicted molar refractivity (Wildman–Crippen MR) is 152 cm³/mol. The first-order chi connectivity index (χ1) is 19.2. The Bertz CT molecular complexity index is 1390. The van der Waals surface area contributed by atoms with Gasteiger partial charge in [0.05, 0.1) is 17.8 Å². The maximum atomic E-state index is 14.0. The summed E-state index contributed by atoms with van der Waals surface area (Å²) in [7, 11) is 0. The number of amides is 2. The molecule has 0 spiro atoms. The molecule has 5 aliphatic rings. The molecule has 3 aromatic carbocycles. The van der Waals surface area contributed by atoms with Gasteiger partial charge in [0.1, 0.15) is 5.75 Å². The minimum absolute atomic E-state index is 0.0287. The summed E-state index contributed by atoms with van der Waals surface area (Å²) >= 11 is 0. The van der Waals surface area contributed by atoms with Gasteiger partial charge in [0.2, 0.25) is 11.8 Å². The van der Waals surface area contributed by atoms with E-state index in [-0.39, 0.29) is 58.8 Å². The number of carbonyl (C=O) groups excluding carboxylic acids is 3. The summed E-state index contributed by atoms with van der Waals surface area (Å²) in [4.78, 5) is 42.6. The van der Waals surface area contributed by atoms with Crippen LogP contribution in [0.5, 0.6) is 5.75 Å². The number of likely N-dealkylation sites (tertiary alicyclic amines) is 1. The highest BCUT2D eigenvalue weighted by molar-refractivity contribution is 6.08. The van der Waals surface area contributed by atoms with Gasteiger partial charge < -0.3 is 4.74 Å². The fourth-order valence-corrected chi connectivity index (χ4v) is 7.85. The Hall–Kier alpha value is -3.73. The Balaban J connectivity index is 1.07. The molecule has 1 heterocycles. The van der Waals surface area contributed by atoms with Crippen LogP contribution in [0, 0.1) is 17.8 Å². The maximum absolute atomic E-state index is 14.0. The van der Waals surface area contributed by atoms with Gasteiger partial charge in [-0.3, -0.25) is 19.3 Å². The molecule has 204 valence electrons. The van der Waals surface area contributed by atoms with E-state index < -0.39 is 0 Å². The molecule has 1 saturated heterocycles. The van der Waals surface area contributed by atoms with Crippen LogP contribution in [0.15, 0.2) is 72.8 Å². The van der Waals surface area contributed by atoms with Crippen molar-refractivity contribution in [3.63, 3.8) is 0 Å². The van der Waals surface area contributed by atoms with Crippen molar-refractivity contribution in [2.45, 2.75) is 69.7 Å². The Morgan fingerprint density at radius 1 is 0.700 bits per heavy atom.